The fourth-order valence-electron chi connectivity index (χ4n) is 2.94. The van der Waals surface area contributed by atoms with E-state index in [1.807, 2.05) is 0 Å². The van der Waals surface area contributed by atoms with Gasteiger partial charge in [-0.2, -0.15) is 0 Å². The van der Waals surface area contributed by atoms with Crippen LogP contribution >= 0.6 is 12.4 Å². The highest BCUT2D eigenvalue weighted by molar-refractivity contribution is 5.85. The van der Waals surface area contributed by atoms with E-state index in [9.17, 15) is 0 Å². The lowest BCUT2D eigenvalue weighted by molar-refractivity contribution is 0.320. The van der Waals surface area contributed by atoms with Crippen molar-refractivity contribution in [3.8, 4) is 0 Å². The van der Waals surface area contributed by atoms with Crippen LogP contribution in [0.3, 0.4) is 0 Å². The zero-order valence-corrected chi connectivity index (χ0v) is 9.95. The van der Waals surface area contributed by atoms with Crippen molar-refractivity contribution in [2.24, 2.45) is 11.8 Å². The van der Waals surface area contributed by atoms with Gasteiger partial charge in [-0.15, -0.1) is 12.4 Å². The van der Waals surface area contributed by atoms with Crippen LogP contribution in [-0.2, 0) is 0 Å². The summed E-state index contributed by atoms with van der Waals surface area (Å²) in [7, 11) is 0. The Kier molecular flexibility index (Phi) is 5.88. The van der Waals surface area contributed by atoms with Gasteiger partial charge in [0.05, 0.1) is 0 Å². The molecule has 0 aromatic rings. The molecule has 2 aliphatic rings. The second-order valence-electron chi connectivity index (χ2n) is 4.92. The molecule has 1 N–H and O–H groups in total. The molecule has 2 heteroatoms. The Labute approximate surface area is 94.4 Å². The Morgan fingerprint density at radius 3 is 1.86 bits per heavy atom. The Hall–Kier alpha value is 0.250. The first-order valence-corrected chi connectivity index (χ1v) is 6.16. The molecule has 1 nitrogen and oxygen atoms in total. The number of rotatable bonds is 3. The molecule has 2 fully saturated rings. The molecule has 1 saturated carbocycles. The van der Waals surface area contributed by atoms with E-state index in [1.54, 1.807) is 0 Å². The molecule has 1 heterocycles. The molecule has 0 radical (unpaired) electrons. The first kappa shape index (κ1) is 12.3. The summed E-state index contributed by atoms with van der Waals surface area (Å²) in [6.45, 7) is 2.55. The van der Waals surface area contributed by atoms with Crippen LogP contribution in [0.1, 0.15) is 51.4 Å². The second-order valence-corrected chi connectivity index (χ2v) is 4.92. The fourth-order valence-corrected chi connectivity index (χ4v) is 2.94. The summed E-state index contributed by atoms with van der Waals surface area (Å²) in [5, 5.41) is 3.44. The average molecular weight is 218 g/mol. The number of piperidine rings is 1. The number of hydrogen-bond donors (Lipinski definition) is 1. The summed E-state index contributed by atoms with van der Waals surface area (Å²) in [5.74, 6) is 2.16. The quantitative estimate of drug-likeness (QED) is 0.765. The molecule has 0 spiro atoms. The largest absolute Gasteiger partial charge is 0.317 e. The minimum absolute atomic E-state index is 0. The molecule has 1 saturated heterocycles. The van der Waals surface area contributed by atoms with Gasteiger partial charge in [-0.25, -0.2) is 0 Å². The molecule has 0 bridgehead atoms. The minimum atomic E-state index is 0. The molecule has 84 valence electrons. The van der Waals surface area contributed by atoms with Crippen molar-refractivity contribution < 1.29 is 0 Å². The second kappa shape index (κ2) is 6.68. The standard InChI is InChI=1S/C12H23N.ClH/c1-2-4-11(3-1)5-6-12-7-9-13-10-8-12;/h11-13H,1-10H2;1H. The van der Waals surface area contributed by atoms with E-state index >= 15 is 0 Å². The maximum Gasteiger partial charge on any atom is -0.00463 e. The topological polar surface area (TPSA) is 12.0 Å². The monoisotopic (exact) mass is 217 g/mol. The molecule has 0 unspecified atom stereocenters. The van der Waals surface area contributed by atoms with Crippen LogP contribution in [0.5, 0.6) is 0 Å². The Bertz CT molecular complexity index is 137. The summed E-state index contributed by atoms with van der Waals surface area (Å²) in [6, 6.07) is 0. The zero-order valence-electron chi connectivity index (χ0n) is 9.13. The first-order valence-electron chi connectivity index (χ1n) is 6.16. The maximum atomic E-state index is 3.44. The number of nitrogens with one attached hydrogen (secondary N) is 1. The van der Waals surface area contributed by atoms with Gasteiger partial charge in [-0.05, 0) is 37.8 Å². The number of hydrogen-bond acceptors (Lipinski definition) is 1. The highest BCUT2D eigenvalue weighted by Crippen LogP contribution is 2.31. The molecular formula is C12H24ClN. The van der Waals surface area contributed by atoms with Crippen LogP contribution in [-0.4, -0.2) is 13.1 Å². The van der Waals surface area contributed by atoms with E-state index < -0.39 is 0 Å². The Morgan fingerprint density at radius 2 is 1.29 bits per heavy atom. The van der Waals surface area contributed by atoms with Crippen molar-refractivity contribution in [3.05, 3.63) is 0 Å². The summed E-state index contributed by atoms with van der Waals surface area (Å²) in [5.41, 5.74) is 0. The lowest BCUT2D eigenvalue weighted by Crippen LogP contribution is -2.27. The fraction of sp³-hybridized carbons (Fsp3) is 1.00. The van der Waals surface area contributed by atoms with Gasteiger partial charge in [0.2, 0.25) is 0 Å². The molecule has 0 aromatic carbocycles. The van der Waals surface area contributed by atoms with Gasteiger partial charge in [0.15, 0.2) is 0 Å². The SMILES string of the molecule is C1CCC(CCC2CCNCC2)C1.Cl. The first-order chi connectivity index (χ1) is 6.45. The van der Waals surface area contributed by atoms with Crippen LogP contribution in [0.15, 0.2) is 0 Å². The van der Waals surface area contributed by atoms with E-state index in [2.05, 4.69) is 5.32 Å². The van der Waals surface area contributed by atoms with Crippen LogP contribution in [0.25, 0.3) is 0 Å². The molecular weight excluding hydrogens is 194 g/mol. The van der Waals surface area contributed by atoms with Crippen LogP contribution in [0, 0.1) is 11.8 Å². The third-order valence-electron chi connectivity index (χ3n) is 3.92. The van der Waals surface area contributed by atoms with Gasteiger partial charge in [0.1, 0.15) is 0 Å². The lowest BCUT2D eigenvalue weighted by Gasteiger charge is -2.23. The molecule has 1 aliphatic carbocycles. The zero-order chi connectivity index (χ0) is 8.93. The van der Waals surface area contributed by atoms with Crippen molar-refractivity contribution >= 4 is 12.4 Å². The summed E-state index contributed by atoms with van der Waals surface area (Å²) >= 11 is 0. The highest BCUT2D eigenvalue weighted by atomic mass is 35.5. The predicted octanol–water partition coefficient (Wildman–Crippen LogP) is 3.38. The summed E-state index contributed by atoms with van der Waals surface area (Å²) in [6.07, 6.45) is 12.0. The van der Waals surface area contributed by atoms with Crippen LogP contribution in [0.4, 0.5) is 0 Å². The van der Waals surface area contributed by atoms with Crippen molar-refractivity contribution in [2.45, 2.75) is 51.4 Å². The maximum absolute atomic E-state index is 3.44. The molecule has 0 atom stereocenters. The molecule has 0 aromatic heterocycles. The molecule has 1 aliphatic heterocycles. The van der Waals surface area contributed by atoms with Gasteiger partial charge in [0, 0.05) is 0 Å². The van der Waals surface area contributed by atoms with E-state index in [0.29, 0.717) is 0 Å². The van der Waals surface area contributed by atoms with Gasteiger partial charge >= 0.3 is 0 Å². The smallest absolute Gasteiger partial charge is 0.00463 e. The van der Waals surface area contributed by atoms with E-state index in [4.69, 9.17) is 0 Å². The van der Waals surface area contributed by atoms with Crippen molar-refractivity contribution in [1.29, 1.82) is 0 Å². The van der Waals surface area contributed by atoms with Gasteiger partial charge < -0.3 is 5.32 Å². The Morgan fingerprint density at radius 1 is 0.786 bits per heavy atom. The Balaban J connectivity index is 0.000000980. The van der Waals surface area contributed by atoms with Crippen LogP contribution in [0.2, 0.25) is 0 Å². The van der Waals surface area contributed by atoms with Gasteiger partial charge in [-0.3, -0.25) is 0 Å². The van der Waals surface area contributed by atoms with E-state index in [0.717, 1.165) is 11.8 Å². The molecule has 2 rings (SSSR count). The third kappa shape index (κ3) is 3.78. The minimum Gasteiger partial charge on any atom is -0.317 e. The van der Waals surface area contributed by atoms with Crippen molar-refractivity contribution in [1.82, 2.24) is 5.32 Å². The summed E-state index contributed by atoms with van der Waals surface area (Å²) in [4.78, 5) is 0. The highest BCUT2D eigenvalue weighted by Gasteiger charge is 2.18. The normalized spacial score (nSPS) is 24.9. The predicted molar refractivity (Wildman–Crippen MR) is 64.0 cm³/mol. The average Bonchev–Trinajstić information content (AvgIpc) is 2.69. The van der Waals surface area contributed by atoms with Gasteiger partial charge in [-0.1, -0.05) is 38.5 Å². The summed E-state index contributed by atoms with van der Waals surface area (Å²) < 4.78 is 0. The molecule has 14 heavy (non-hydrogen) atoms. The van der Waals surface area contributed by atoms with Crippen molar-refractivity contribution in [2.75, 3.05) is 13.1 Å². The third-order valence-corrected chi connectivity index (χ3v) is 3.92. The van der Waals surface area contributed by atoms with Gasteiger partial charge in [0.25, 0.3) is 0 Å². The van der Waals surface area contributed by atoms with Crippen molar-refractivity contribution in [3.63, 3.8) is 0 Å². The lowest BCUT2D eigenvalue weighted by atomic mass is 9.89. The van der Waals surface area contributed by atoms with E-state index in [1.165, 1.54) is 64.5 Å². The van der Waals surface area contributed by atoms with E-state index in [-0.39, 0.29) is 12.4 Å². The number of halogens is 1. The van der Waals surface area contributed by atoms with Crippen LogP contribution < -0.4 is 5.32 Å². The molecule has 0 amide bonds.